The Bertz CT molecular complexity index is 893. The van der Waals surface area contributed by atoms with Crippen molar-refractivity contribution >= 4 is 11.7 Å². The molecule has 1 aromatic rings. The molecule has 4 aliphatic carbocycles. The molecule has 0 spiro atoms. The van der Waals surface area contributed by atoms with Crippen LogP contribution in [0.2, 0.25) is 0 Å². The third kappa shape index (κ3) is 3.37. The number of rotatable bonds is 4. The topological polar surface area (TPSA) is 64.0 Å². The van der Waals surface area contributed by atoms with E-state index in [1.54, 1.807) is 24.1 Å². The highest BCUT2D eigenvalue weighted by Gasteiger charge is 2.60. The molecule has 0 aromatic carbocycles. The lowest BCUT2D eigenvalue weighted by atomic mass is 9.44. The number of nitrogens with one attached hydrogen (secondary N) is 1. The van der Waals surface area contributed by atoms with Crippen molar-refractivity contribution in [1.82, 2.24) is 15.1 Å². The molecule has 5 rings (SSSR count). The maximum Gasteiger partial charge on any atom is 0.254 e. The van der Waals surface area contributed by atoms with Gasteiger partial charge in [-0.15, -0.1) is 0 Å². The van der Waals surface area contributed by atoms with Gasteiger partial charge in [0.2, 0.25) is 0 Å². The number of carbonyl (C=O) groups is 2. The molecule has 176 valence electrons. The minimum Gasteiger partial charge on any atom is -0.355 e. The van der Waals surface area contributed by atoms with E-state index in [-0.39, 0.29) is 23.8 Å². The number of fused-ring (bicyclic) bond motifs is 5. The maximum atomic E-state index is 13.4. The highest BCUT2D eigenvalue weighted by Crippen LogP contribution is 2.67. The zero-order valence-corrected chi connectivity index (χ0v) is 20.4. The quantitative estimate of drug-likeness (QED) is 0.709. The first kappa shape index (κ1) is 22.2. The molecule has 1 heterocycles. The molecule has 4 fully saturated rings. The van der Waals surface area contributed by atoms with Crippen LogP contribution >= 0.6 is 0 Å². The number of Topliss-reactive ketones (excluding diaryl/α,β-unsaturated/α-hetero) is 1. The number of nitrogens with zero attached hydrogens (tertiary/aromatic N) is 2. The van der Waals surface area contributed by atoms with Crippen molar-refractivity contribution in [3.8, 4) is 0 Å². The van der Waals surface area contributed by atoms with Gasteiger partial charge >= 0.3 is 0 Å². The van der Waals surface area contributed by atoms with Crippen LogP contribution in [0.25, 0.3) is 0 Å². The summed E-state index contributed by atoms with van der Waals surface area (Å²) in [5.74, 6) is 4.49. The highest BCUT2D eigenvalue weighted by molar-refractivity contribution is 5.93. The van der Waals surface area contributed by atoms with E-state index in [9.17, 15) is 9.59 Å². The van der Waals surface area contributed by atoms with Gasteiger partial charge in [0, 0.05) is 19.2 Å². The Kier molecular flexibility index (Phi) is 5.53. The Labute approximate surface area is 193 Å². The number of hydrogen-bond donors (Lipinski definition) is 1. The normalized spacial score (nSPS) is 43.1. The number of hydrogen-bond acceptors (Lipinski definition) is 3. The van der Waals surface area contributed by atoms with Crippen LogP contribution in [-0.2, 0) is 11.3 Å². The van der Waals surface area contributed by atoms with Gasteiger partial charge in [0.05, 0.1) is 18.3 Å². The van der Waals surface area contributed by atoms with E-state index in [0.29, 0.717) is 22.7 Å². The van der Waals surface area contributed by atoms with Crippen molar-refractivity contribution in [3.05, 3.63) is 18.0 Å². The summed E-state index contributed by atoms with van der Waals surface area (Å²) in [6.07, 6.45) is 15.1. The Balaban J connectivity index is 1.31. The number of carbonyl (C=O) groups excluding carboxylic acids is 2. The first-order chi connectivity index (χ1) is 15.3. The number of ketones is 1. The average Bonchev–Trinajstić information content (AvgIpc) is 3.37. The fourth-order valence-electron chi connectivity index (χ4n) is 8.98. The minimum atomic E-state index is -0.156. The van der Waals surface area contributed by atoms with Crippen molar-refractivity contribution < 1.29 is 9.59 Å². The smallest absolute Gasteiger partial charge is 0.254 e. The van der Waals surface area contributed by atoms with Crippen molar-refractivity contribution in [2.24, 2.45) is 46.3 Å². The van der Waals surface area contributed by atoms with Crippen LogP contribution < -0.4 is 5.32 Å². The Hall–Kier alpha value is -1.65. The molecular weight excluding hydrogens is 398 g/mol. The van der Waals surface area contributed by atoms with Gasteiger partial charge in [-0.2, -0.15) is 5.10 Å². The second-order valence-electron chi connectivity index (χ2n) is 12.2. The zero-order valence-electron chi connectivity index (χ0n) is 20.4. The van der Waals surface area contributed by atoms with Crippen molar-refractivity contribution in [2.75, 3.05) is 7.05 Å². The van der Waals surface area contributed by atoms with Gasteiger partial charge in [0.1, 0.15) is 0 Å². The highest BCUT2D eigenvalue weighted by atomic mass is 16.1. The average molecular weight is 440 g/mol. The summed E-state index contributed by atoms with van der Waals surface area (Å²) in [5, 5.41) is 6.90. The van der Waals surface area contributed by atoms with Gasteiger partial charge in [-0.25, -0.2) is 0 Å². The van der Waals surface area contributed by atoms with Gasteiger partial charge in [0.15, 0.2) is 5.78 Å². The van der Waals surface area contributed by atoms with E-state index in [0.717, 1.165) is 30.1 Å². The lowest BCUT2D eigenvalue weighted by molar-refractivity contribution is -0.137. The molecule has 5 nitrogen and oxygen atoms in total. The SMILES string of the molecule is CNC(=O)c1cnn(CC(=O)[C@H]2CCC3C4CCC5CC(C)CCC5(C)C4CCC32C)c1. The van der Waals surface area contributed by atoms with Crippen LogP contribution in [0.1, 0.15) is 88.9 Å². The zero-order chi connectivity index (χ0) is 22.7. The molecule has 1 aromatic heterocycles. The molecule has 1 amide bonds. The standard InChI is InChI=1S/C27H41N3O2/c1-17-9-11-26(2)19(13-17)5-6-20-21-7-8-23(27(21,3)12-10-22(20)26)24(31)16-30-15-18(14-29-30)25(32)28-4/h14-15,17,19-23H,5-13,16H2,1-4H3,(H,28,32)/t17?,19?,20?,21?,22?,23-,26?,27?/m1/s1. The third-order valence-corrected chi connectivity index (χ3v) is 10.8. The van der Waals surface area contributed by atoms with E-state index >= 15 is 0 Å². The molecule has 0 bridgehead atoms. The third-order valence-electron chi connectivity index (χ3n) is 10.8. The lowest BCUT2D eigenvalue weighted by Crippen LogP contribution is -2.53. The Morgan fingerprint density at radius 2 is 1.81 bits per heavy atom. The first-order valence-corrected chi connectivity index (χ1v) is 13.0. The van der Waals surface area contributed by atoms with Crippen LogP contribution in [0, 0.1) is 46.3 Å². The molecule has 0 saturated heterocycles. The van der Waals surface area contributed by atoms with Crippen LogP contribution in [0.15, 0.2) is 12.4 Å². The molecular formula is C27H41N3O2. The van der Waals surface area contributed by atoms with E-state index in [1.807, 2.05) is 0 Å². The second-order valence-corrected chi connectivity index (χ2v) is 12.2. The molecule has 1 N–H and O–H groups in total. The minimum absolute atomic E-state index is 0.137. The summed E-state index contributed by atoms with van der Waals surface area (Å²) < 4.78 is 1.66. The van der Waals surface area contributed by atoms with Gasteiger partial charge in [0.25, 0.3) is 5.91 Å². The molecule has 5 heteroatoms. The van der Waals surface area contributed by atoms with Gasteiger partial charge in [-0.1, -0.05) is 27.2 Å². The Morgan fingerprint density at radius 3 is 2.59 bits per heavy atom. The molecule has 32 heavy (non-hydrogen) atoms. The van der Waals surface area contributed by atoms with Crippen molar-refractivity contribution in [1.29, 1.82) is 0 Å². The predicted molar refractivity (Wildman–Crippen MR) is 125 cm³/mol. The van der Waals surface area contributed by atoms with E-state index < -0.39 is 0 Å². The van der Waals surface area contributed by atoms with E-state index in [2.05, 4.69) is 31.2 Å². The van der Waals surface area contributed by atoms with Crippen LogP contribution in [-0.4, -0.2) is 28.5 Å². The fourth-order valence-corrected chi connectivity index (χ4v) is 8.98. The van der Waals surface area contributed by atoms with Crippen LogP contribution in [0.5, 0.6) is 0 Å². The molecule has 7 unspecified atom stereocenters. The Morgan fingerprint density at radius 1 is 1.06 bits per heavy atom. The summed E-state index contributed by atoms with van der Waals surface area (Å²) in [5.41, 5.74) is 1.19. The number of aromatic nitrogens is 2. The molecule has 8 atom stereocenters. The fraction of sp³-hybridized carbons (Fsp3) is 0.815. The monoisotopic (exact) mass is 439 g/mol. The lowest BCUT2D eigenvalue weighted by Gasteiger charge is -2.61. The van der Waals surface area contributed by atoms with Gasteiger partial charge in [-0.05, 0) is 91.8 Å². The summed E-state index contributed by atoms with van der Waals surface area (Å²) in [6.45, 7) is 7.80. The summed E-state index contributed by atoms with van der Waals surface area (Å²) in [7, 11) is 1.61. The molecule has 4 saturated carbocycles. The predicted octanol–water partition coefficient (Wildman–Crippen LogP) is 5.11. The van der Waals surface area contributed by atoms with Gasteiger partial charge in [-0.3, -0.25) is 14.3 Å². The molecule has 0 aliphatic heterocycles. The number of amides is 1. The largest absolute Gasteiger partial charge is 0.355 e. The van der Waals surface area contributed by atoms with Crippen molar-refractivity contribution in [2.45, 2.75) is 85.1 Å². The first-order valence-electron chi connectivity index (χ1n) is 13.0. The second kappa shape index (κ2) is 7.99. The van der Waals surface area contributed by atoms with Crippen LogP contribution in [0.3, 0.4) is 0 Å². The van der Waals surface area contributed by atoms with Crippen molar-refractivity contribution in [3.63, 3.8) is 0 Å². The van der Waals surface area contributed by atoms with Crippen LogP contribution in [0.4, 0.5) is 0 Å². The van der Waals surface area contributed by atoms with Gasteiger partial charge < -0.3 is 5.32 Å². The summed E-state index contributed by atoms with van der Waals surface area (Å²) >= 11 is 0. The van der Waals surface area contributed by atoms with E-state index in [4.69, 9.17) is 0 Å². The summed E-state index contributed by atoms with van der Waals surface area (Å²) in [6, 6.07) is 0. The molecule has 0 radical (unpaired) electrons. The maximum absolute atomic E-state index is 13.4. The summed E-state index contributed by atoms with van der Waals surface area (Å²) in [4.78, 5) is 25.3. The molecule has 4 aliphatic rings. The van der Waals surface area contributed by atoms with E-state index in [1.165, 1.54) is 51.4 Å².